The molecule has 0 radical (unpaired) electrons. The van der Waals surface area contributed by atoms with Gasteiger partial charge in [-0.1, -0.05) is 24.3 Å². The van der Waals surface area contributed by atoms with Crippen LogP contribution in [0.15, 0.2) is 54.7 Å². The van der Waals surface area contributed by atoms with Gasteiger partial charge >= 0.3 is 0 Å². The SMILES string of the molecule is CNC(=O)c1nn(C)cc1NC(=O)/C=C/c1ccc(OC)c(COc2ccccc2C)c1. The lowest BCUT2D eigenvalue weighted by Crippen LogP contribution is -2.21. The zero-order chi connectivity index (χ0) is 23.1. The summed E-state index contributed by atoms with van der Waals surface area (Å²) in [6, 6.07) is 13.4. The Kier molecular flexibility index (Phi) is 7.28. The fourth-order valence-electron chi connectivity index (χ4n) is 3.10. The van der Waals surface area contributed by atoms with Crippen molar-refractivity contribution < 1.29 is 19.1 Å². The van der Waals surface area contributed by atoms with E-state index in [-0.39, 0.29) is 17.5 Å². The monoisotopic (exact) mass is 434 g/mol. The summed E-state index contributed by atoms with van der Waals surface area (Å²) in [6.45, 7) is 2.31. The molecule has 1 heterocycles. The number of ether oxygens (including phenoxy) is 2. The number of carbonyl (C=O) groups is 2. The second-order valence-corrected chi connectivity index (χ2v) is 7.09. The topological polar surface area (TPSA) is 94.5 Å². The van der Waals surface area contributed by atoms with Gasteiger partial charge in [0.25, 0.3) is 5.91 Å². The zero-order valence-corrected chi connectivity index (χ0v) is 18.5. The van der Waals surface area contributed by atoms with E-state index in [1.807, 2.05) is 49.4 Å². The highest BCUT2D eigenvalue weighted by molar-refractivity contribution is 6.06. The highest BCUT2D eigenvalue weighted by atomic mass is 16.5. The number of methoxy groups -OCH3 is 1. The van der Waals surface area contributed by atoms with E-state index in [0.29, 0.717) is 18.0 Å². The van der Waals surface area contributed by atoms with Crippen molar-refractivity contribution in [3.8, 4) is 11.5 Å². The van der Waals surface area contributed by atoms with Crippen molar-refractivity contribution in [2.45, 2.75) is 13.5 Å². The lowest BCUT2D eigenvalue weighted by molar-refractivity contribution is -0.111. The highest BCUT2D eigenvalue weighted by Gasteiger charge is 2.16. The number of benzene rings is 2. The summed E-state index contributed by atoms with van der Waals surface area (Å²) in [5.74, 6) is 0.749. The van der Waals surface area contributed by atoms with Crippen LogP contribution in [0.5, 0.6) is 11.5 Å². The van der Waals surface area contributed by atoms with Gasteiger partial charge in [-0.3, -0.25) is 14.3 Å². The van der Waals surface area contributed by atoms with Gasteiger partial charge in [0.05, 0.1) is 12.8 Å². The van der Waals surface area contributed by atoms with E-state index in [1.165, 1.54) is 17.8 Å². The molecule has 1 aromatic heterocycles. The smallest absolute Gasteiger partial charge is 0.273 e. The number of nitrogens with zero attached hydrogens (tertiary/aromatic N) is 2. The number of carbonyl (C=O) groups excluding carboxylic acids is 2. The number of para-hydroxylation sites is 1. The van der Waals surface area contributed by atoms with Crippen LogP contribution in [0.2, 0.25) is 0 Å². The summed E-state index contributed by atoms with van der Waals surface area (Å²) in [7, 11) is 4.79. The predicted octanol–water partition coefficient (Wildman–Crippen LogP) is 3.33. The number of aryl methyl sites for hydroxylation is 2. The first-order valence-electron chi connectivity index (χ1n) is 10.0. The summed E-state index contributed by atoms with van der Waals surface area (Å²) in [5.41, 5.74) is 3.20. The molecule has 166 valence electrons. The quantitative estimate of drug-likeness (QED) is 0.531. The number of anilines is 1. The molecule has 0 aliphatic carbocycles. The Bertz CT molecular complexity index is 1150. The molecular formula is C24H26N4O4. The Balaban J connectivity index is 1.72. The molecule has 8 heteroatoms. The second-order valence-electron chi connectivity index (χ2n) is 7.09. The maximum Gasteiger partial charge on any atom is 0.273 e. The van der Waals surface area contributed by atoms with E-state index in [4.69, 9.17) is 9.47 Å². The van der Waals surface area contributed by atoms with E-state index in [0.717, 1.165) is 22.4 Å². The van der Waals surface area contributed by atoms with Gasteiger partial charge in [0, 0.05) is 31.9 Å². The van der Waals surface area contributed by atoms with Crippen molar-refractivity contribution in [3.63, 3.8) is 0 Å². The molecule has 0 bridgehead atoms. The van der Waals surface area contributed by atoms with E-state index < -0.39 is 0 Å². The van der Waals surface area contributed by atoms with Crippen LogP contribution in [0.3, 0.4) is 0 Å². The maximum atomic E-state index is 12.4. The molecule has 2 N–H and O–H groups in total. The fraction of sp³-hybridized carbons (Fsp3) is 0.208. The van der Waals surface area contributed by atoms with Gasteiger partial charge in [-0.2, -0.15) is 5.10 Å². The normalized spacial score (nSPS) is 10.8. The van der Waals surface area contributed by atoms with Gasteiger partial charge < -0.3 is 20.1 Å². The maximum absolute atomic E-state index is 12.4. The van der Waals surface area contributed by atoms with Gasteiger partial charge in [0.2, 0.25) is 5.91 Å². The molecule has 3 rings (SSSR count). The molecule has 0 atom stereocenters. The third kappa shape index (κ3) is 5.54. The fourth-order valence-corrected chi connectivity index (χ4v) is 3.10. The number of rotatable bonds is 8. The van der Waals surface area contributed by atoms with Crippen molar-refractivity contribution in [1.82, 2.24) is 15.1 Å². The lowest BCUT2D eigenvalue weighted by Gasteiger charge is -2.12. The van der Waals surface area contributed by atoms with Crippen molar-refractivity contribution >= 4 is 23.6 Å². The summed E-state index contributed by atoms with van der Waals surface area (Å²) in [4.78, 5) is 24.3. The number of hydrogen-bond acceptors (Lipinski definition) is 5. The lowest BCUT2D eigenvalue weighted by atomic mass is 10.1. The standard InChI is InChI=1S/C24H26N4O4/c1-16-7-5-6-8-20(16)32-15-18-13-17(9-11-21(18)31-4)10-12-22(29)26-19-14-28(3)27-23(19)24(30)25-2/h5-14H,15H2,1-4H3,(H,25,30)(H,26,29)/b12-10+. The molecule has 32 heavy (non-hydrogen) atoms. The van der Waals surface area contributed by atoms with Crippen LogP contribution in [0, 0.1) is 6.92 Å². The number of nitrogens with one attached hydrogen (secondary N) is 2. The van der Waals surface area contributed by atoms with Crippen LogP contribution in [-0.4, -0.2) is 35.8 Å². The average molecular weight is 434 g/mol. The van der Waals surface area contributed by atoms with Gasteiger partial charge in [0.15, 0.2) is 5.69 Å². The van der Waals surface area contributed by atoms with Crippen molar-refractivity contribution in [2.24, 2.45) is 7.05 Å². The molecular weight excluding hydrogens is 408 g/mol. The molecule has 8 nitrogen and oxygen atoms in total. The molecule has 0 unspecified atom stereocenters. The minimum Gasteiger partial charge on any atom is -0.496 e. The van der Waals surface area contributed by atoms with Crippen LogP contribution in [0.1, 0.15) is 27.2 Å². The van der Waals surface area contributed by atoms with E-state index in [1.54, 1.807) is 26.4 Å². The molecule has 0 fully saturated rings. The second kappa shape index (κ2) is 10.3. The summed E-state index contributed by atoms with van der Waals surface area (Å²) in [6.07, 6.45) is 4.65. The minimum absolute atomic E-state index is 0.150. The molecule has 2 aromatic carbocycles. The summed E-state index contributed by atoms with van der Waals surface area (Å²) < 4.78 is 12.9. The summed E-state index contributed by atoms with van der Waals surface area (Å²) >= 11 is 0. The zero-order valence-electron chi connectivity index (χ0n) is 18.5. The molecule has 0 aliphatic rings. The molecule has 2 amide bonds. The number of aromatic nitrogens is 2. The number of hydrogen-bond donors (Lipinski definition) is 2. The first-order chi connectivity index (χ1) is 15.4. The molecule has 0 aliphatic heterocycles. The van der Waals surface area contributed by atoms with E-state index in [9.17, 15) is 9.59 Å². The van der Waals surface area contributed by atoms with E-state index in [2.05, 4.69) is 15.7 Å². The van der Waals surface area contributed by atoms with Crippen molar-refractivity contribution in [3.05, 3.63) is 77.1 Å². The minimum atomic E-state index is -0.378. The van der Waals surface area contributed by atoms with Crippen LogP contribution in [0.25, 0.3) is 6.08 Å². The molecule has 3 aromatic rings. The molecule has 0 spiro atoms. The summed E-state index contributed by atoms with van der Waals surface area (Å²) in [5, 5.41) is 9.26. The van der Waals surface area contributed by atoms with Gasteiger partial charge in [0.1, 0.15) is 18.1 Å². The van der Waals surface area contributed by atoms with Gasteiger partial charge in [-0.25, -0.2) is 0 Å². The van der Waals surface area contributed by atoms with Gasteiger partial charge in [-0.15, -0.1) is 0 Å². The van der Waals surface area contributed by atoms with Crippen molar-refractivity contribution in [1.29, 1.82) is 0 Å². The van der Waals surface area contributed by atoms with Crippen LogP contribution in [-0.2, 0) is 18.4 Å². The van der Waals surface area contributed by atoms with Crippen molar-refractivity contribution in [2.75, 3.05) is 19.5 Å². The number of amides is 2. The van der Waals surface area contributed by atoms with E-state index >= 15 is 0 Å². The Morgan fingerprint density at radius 1 is 1.16 bits per heavy atom. The Hall–Kier alpha value is -4.07. The largest absolute Gasteiger partial charge is 0.496 e. The first kappa shape index (κ1) is 22.6. The third-order valence-corrected chi connectivity index (χ3v) is 4.74. The Morgan fingerprint density at radius 2 is 1.94 bits per heavy atom. The van der Waals surface area contributed by atoms with Crippen LogP contribution >= 0.6 is 0 Å². The van der Waals surface area contributed by atoms with Crippen LogP contribution < -0.4 is 20.1 Å². The molecule has 0 saturated heterocycles. The third-order valence-electron chi connectivity index (χ3n) is 4.74. The Morgan fingerprint density at radius 3 is 2.66 bits per heavy atom. The highest BCUT2D eigenvalue weighted by Crippen LogP contribution is 2.24. The average Bonchev–Trinajstić information content (AvgIpc) is 3.16. The first-order valence-corrected chi connectivity index (χ1v) is 10.0. The molecule has 0 saturated carbocycles. The predicted molar refractivity (Wildman–Crippen MR) is 123 cm³/mol. The van der Waals surface area contributed by atoms with Crippen LogP contribution in [0.4, 0.5) is 5.69 Å². The Labute approximate surface area is 186 Å². The van der Waals surface area contributed by atoms with Gasteiger partial charge in [-0.05, 0) is 42.3 Å².